The predicted molar refractivity (Wildman–Crippen MR) is 158 cm³/mol. The Morgan fingerprint density at radius 2 is 0.444 bits per heavy atom. The van der Waals surface area contributed by atoms with Crippen LogP contribution in [0.25, 0.3) is 0 Å². The van der Waals surface area contributed by atoms with E-state index in [0.29, 0.717) is 11.6 Å². The number of rotatable bonds is 0. The minimum atomic E-state index is 0.492. The summed E-state index contributed by atoms with van der Waals surface area (Å²) in [5.74, 6) is 0.988. The van der Waals surface area contributed by atoms with E-state index in [4.69, 9.17) is 0 Å². The van der Waals surface area contributed by atoms with Crippen LogP contribution in [0.4, 0.5) is 0 Å². The molecule has 2 fully saturated rings. The number of hydrogen-bond acceptors (Lipinski definition) is 2. The van der Waals surface area contributed by atoms with Crippen molar-refractivity contribution in [3.63, 3.8) is 0 Å². The van der Waals surface area contributed by atoms with Gasteiger partial charge in [-0.2, -0.15) is 0 Å². The topological polar surface area (TPSA) is 34.1 Å². The molecule has 0 saturated heterocycles. The molecule has 0 aliphatic heterocycles. The molecule has 0 N–H and O–H groups in total. The number of carbonyl (C=O) groups excluding carboxylic acids is 2. The summed E-state index contributed by atoms with van der Waals surface area (Å²) in [7, 11) is 0. The molecule has 0 radical (unpaired) electrons. The number of ketones is 2. The minimum absolute atomic E-state index is 0.492. The Labute approximate surface area is 225 Å². The SMILES string of the molecule is C=C1CCCCCCCC(=O)CCCCCCC1.C=C1CCCCCCCCC(=O)CCCCCC1. The minimum Gasteiger partial charge on any atom is -0.300 e. The molecule has 0 amide bonds. The van der Waals surface area contributed by atoms with E-state index in [1.54, 1.807) is 0 Å². The lowest BCUT2D eigenvalue weighted by molar-refractivity contribution is -0.120. The fourth-order valence-corrected chi connectivity index (χ4v) is 5.41. The Balaban J connectivity index is 0.000000360. The monoisotopic (exact) mass is 500 g/mol. The molecule has 0 aromatic rings. The molecule has 36 heavy (non-hydrogen) atoms. The standard InChI is InChI=1S/2C17H30O/c1-16-12-8-4-2-6-10-14-17(18)15-11-7-3-5-9-13-16;1-16-12-8-4-2-3-5-10-14-17(18)15-11-7-6-9-13-16/h2*1-15H2. The second-order valence-corrected chi connectivity index (χ2v) is 11.6. The van der Waals surface area contributed by atoms with Crippen molar-refractivity contribution in [2.45, 2.75) is 180 Å². The lowest BCUT2D eigenvalue weighted by atomic mass is 9.99. The van der Waals surface area contributed by atoms with Gasteiger partial charge in [0.25, 0.3) is 0 Å². The van der Waals surface area contributed by atoms with Crippen LogP contribution in [0.3, 0.4) is 0 Å². The lowest BCUT2D eigenvalue weighted by Crippen LogP contribution is -1.98. The molecule has 2 heteroatoms. The maximum Gasteiger partial charge on any atom is 0.132 e. The van der Waals surface area contributed by atoms with Gasteiger partial charge in [-0.1, -0.05) is 101 Å². The van der Waals surface area contributed by atoms with Gasteiger partial charge in [-0.05, 0) is 77.0 Å². The summed E-state index contributed by atoms with van der Waals surface area (Å²) in [5, 5.41) is 0. The first-order chi connectivity index (χ1) is 17.6. The highest BCUT2D eigenvalue weighted by Gasteiger charge is 2.04. The molecule has 0 spiro atoms. The second-order valence-electron chi connectivity index (χ2n) is 11.6. The van der Waals surface area contributed by atoms with Crippen molar-refractivity contribution >= 4 is 11.6 Å². The molecule has 2 nitrogen and oxygen atoms in total. The van der Waals surface area contributed by atoms with Crippen molar-refractivity contribution in [1.82, 2.24) is 0 Å². The fraction of sp³-hybridized carbons (Fsp3) is 0.824. The number of Topliss-reactive ketones (excluding diaryl/α,β-unsaturated/α-hetero) is 2. The van der Waals surface area contributed by atoms with Crippen LogP contribution in [-0.2, 0) is 9.59 Å². The third kappa shape index (κ3) is 22.1. The van der Waals surface area contributed by atoms with Crippen molar-refractivity contribution < 1.29 is 9.59 Å². The van der Waals surface area contributed by atoms with Gasteiger partial charge in [0.1, 0.15) is 11.6 Å². The third-order valence-electron chi connectivity index (χ3n) is 7.94. The van der Waals surface area contributed by atoms with Crippen molar-refractivity contribution in [2.75, 3.05) is 0 Å². The van der Waals surface area contributed by atoms with E-state index < -0.39 is 0 Å². The Morgan fingerprint density at radius 1 is 0.278 bits per heavy atom. The van der Waals surface area contributed by atoms with Gasteiger partial charge in [-0.25, -0.2) is 0 Å². The van der Waals surface area contributed by atoms with Gasteiger partial charge in [0.2, 0.25) is 0 Å². The highest BCUT2D eigenvalue weighted by molar-refractivity contribution is 5.78. The van der Waals surface area contributed by atoms with Gasteiger partial charge in [-0.3, -0.25) is 9.59 Å². The maximum atomic E-state index is 11.6. The van der Waals surface area contributed by atoms with Crippen LogP contribution >= 0.6 is 0 Å². The summed E-state index contributed by atoms with van der Waals surface area (Å²) in [4.78, 5) is 23.2. The van der Waals surface area contributed by atoms with Crippen LogP contribution in [0.2, 0.25) is 0 Å². The molecular formula is C34H60O2. The highest BCUT2D eigenvalue weighted by atomic mass is 16.1. The highest BCUT2D eigenvalue weighted by Crippen LogP contribution is 2.19. The van der Waals surface area contributed by atoms with Crippen molar-refractivity contribution in [3.8, 4) is 0 Å². The van der Waals surface area contributed by atoms with E-state index in [0.717, 1.165) is 51.4 Å². The molecule has 0 unspecified atom stereocenters. The zero-order chi connectivity index (χ0) is 26.1. The molecule has 2 aliphatic carbocycles. The van der Waals surface area contributed by atoms with Crippen molar-refractivity contribution in [3.05, 3.63) is 24.3 Å². The molecule has 2 aliphatic rings. The van der Waals surface area contributed by atoms with Crippen LogP contribution in [0.15, 0.2) is 24.3 Å². The summed E-state index contributed by atoms with van der Waals surface area (Å²) in [6.07, 6.45) is 33.2. The largest absolute Gasteiger partial charge is 0.300 e. The summed E-state index contributed by atoms with van der Waals surface area (Å²) >= 11 is 0. The third-order valence-corrected chi connectivity index (χ3v) is 7.94. The molecule has 0 bridgehead atoms. The van der Waals surface area contributed by atoms with E-state index in [1.165, 1.54) is 140 Å². The van der Waals surface area contributed by atoms with Crippen molar-refractivity contribution in [2.24, 2.45) is 0 Å². The summed E-state index contributed by atoms with van der Waals surface area (Å²) < 4.78 is 0. The summed E-state index contributed by atoms with van der Waals surface area (Å²) in [6, 6.07) is 0. The zero-order valence-electron chi connectivity index (χ0n) is 24.0. The molecule has 0 atom stereocenters. The van der Waals surface area contributed by atoms with Crippen LogP contribution in [0.1, 0.15) is 180 Å². The van der Waals surface area contributed by atoms with E-state index in [2.05, 4.69) is 13.2 Å². The van der Waals surface area contributed by atoms with E-state index in [9.17, 15) is 9.59 Å². The lowest BCUT2D eigenvalue weighted by Gasteiger charge is -2.07. The maximum absolute atomic E-state index is 11.6. The predicted octanol–water partition coefficient (Wildman–Crippen LogP) is 11.2. The summed E-state index contributed by atoms with van der Waals surface area (Å²) in [5.41, 5.74) is 2.90. The van der Waals surface area contributed by atoms with Gasteiger partial charge in [0.05, 0.1) is 0 Å². The average Bonchev–Trinajstić information content (AvgIpc) is 2.85. The molecule has 2 saturated carbocycles. The Hall–Kier alpha value is -1.18. The van der Waals surface area contributed by atoms with E-state index in [-0.39, 0.29) is 0 Å². The van der Waals surface area contributed by atoms with Gasteiger partial charge >= 0.3 is 0 Å². The van der Waals surface area contributed by atoms with Gasteiger partial charge in [0.15, 0.2) is 0 Å². The first-order valence-corrected chi connectivity index (χ1v) is 15.9. The second kappa shape index (κ2) is 24.2. The quantitative estimate of drug-likeness (QED) is 0.310. The Kier molecular flexibility index (Phi) is 22.1. The Bertz CT molecular complexity index is 516. The zero-order valence-corrected chi connectivity index (χ0v) is 24.0. The molecule has 2 rings (SSSR count). The van der Waals surface area contributed by atoms with Gasteiger partial charge in [0, 0.05) is 25.7 Å². The molecule has 208 valence electrons. The van der Waals surface area contributed by atoms with E-state index >= 15 is 0 Å². The van der Waals surface area contributed by atoms with Crippen LogP contribution in [0, 0.1) is 0 Å². The van der Waals surface area contributed by atoms with Gasteiger partial charge < -0.3 is 0 Å². The number of hydrogen-bond donors (Lipinski definition) is 0. The smallest absolute Gasteiger partial charge is 0.132 e. The normalized spacial score (nSPS) is 22.9. The van der Waals surface area contributed by atoms with Crippen LogP contribution in [0.5, 0.6) is 0 Å². The summed E-state index contributed by atoms with van der Waals surface area (Å²) in [6.45, 7) is 8.36. The number of carbonyl (C=O) groups is 2. The molecular weight excluding hydrogens is 440 g/mol. The average molecular weight is 501 g/mol. The Morgan fingerprint density at radius 3 is 0.667 bits per heavy atom. The number of allylic oxidation sites excluding steroid dienone is 2. The van der Waals surface area contributed by atoms with Crippen LogP contribution in [-0.4, -0.2) is 11.6 Å². The molecule has 0 aromatic heterocycles. The van der Waals surface area contributed by atoms with Gasteiger partial charge in [-0.15, -0.1) is 0 Å². The van der Waals surface area contributed by atoms with E-state index in [1.807, 2.05) is 0 Å². The molecule has 0 heterocycles. The van der Waals surface area contributed by atoms with Crippen LogP contribution < -0.4 is 0 Å². The fourth-order valence-electron chi connectivity index (χ4n) is 5.41. The first-order valence-electron chi connectivity index (χ1n) is 15.9. The molecule has 0 aromatic carbocycles. The first kappa shape index (κ1) is 32.8. The van der Waals surface area contributed by atoms with Crippen molar-refractivity contribution in [1.29, 1.82) is 0 Å².